The molecule has 2 rings (SSSR count). The van der Waals surface area contributed by atoms with Crippen LogP contribution in [0.1, 0.15) is 11.1 Å². The monoisotopic (exact) mass is 228 g/mol. The molecule has 0 N–H and O–H groups in total. The average Bonchev–Trinajstić information content (AvgIpc) is 2.31. The zero-order valence-corrected chi connectivity index (χ0v) is 10.1. The molecular weight excluding hydrogens is 212 g/mol. The van der Waals surface area contributed by atoms with Gasteiger partial charge >= 0.3 is 0 Å². The maximum absolute atomic E-state index is 4.26. The summed E-state index contributed by atoms with van der Waals surface area (Å²) in [7, 11) is 0.178. The minimum atomic E-state index is 0.178. The number of hydrogen-bond acceptors (Lipinski definition) is 0. The summed E-state index contributed by atoms with van der Waals surface area (Å²) in [5, 5.41) is 0. The van der Waals surface area contributed by atoms with Gasteiger partial charge in [0.1, 0.15) is 0 Å². The fraction of sp³-hybridized carbons (Fsp3) is 0.133. The molecule has 0 aliphatic carbocycles. The minimum Gasteiger partial charge on any atom is -0.184 e. The van der Waals surface area contributed by atoms with Crippen molar-refractivity contribution in [3.05, 3.63) is 71.8 Å². The molecule has 82 valence electrons. The summed E-state index contributed by atoms with van der Waals surface area (Å²) in [6, 6.07) is 21.2. The van der Waals surface area contributed by atoms with E-state index in [0.29, 0.717) is 0 Å². The molecule has 2 aromatic rings. The highest BCUT2D eigenvalue weighted by Gasteiger charge is 1.97. The Kier molecular flexibility index (Phi) is 3.95. The lowest BCUT2D eigenvalue weighted by atomic mass is 10.2. The van der Waals surface area contributed by atoms with Crippen LogP contribution in [0.2, 0.25) is 0 Å². The second-order valence-corrected chi connectivity index (χ2v) is 5.67. The summed E-state index contributed by atoms with van der Waals surface area (Å²) in [6.07, 6.45) is 0. The molecule has 16 heavy (non-hydrogen) atoms. The molecule has 0 bridgehead atoms. The highest BCUT2D eigenvalue weighted by Crippen LogP contribution is 2.22. The van der Waals surface area contributed by atoms with E-state index in [0.717, 1.165) is 11.5 Å². The largest absolute Gasteiger partial charge is 0.184 e. The van der Waals surface area contributed by atoms with Crippen LogP contribution in [0.15, 0.2) is 60.7 Å². The van der Waals surface area contributed by atoms with Crippen molar-refractivity contribution >= 4 is 16.4 Å². The molecule has 0 saturated heterocycles. The number of benzene rings is 2. The summed E-state index contributed by atoms with van der Waals surface area (Å²) >= 11 is 0. The maximum Gasteiger partial charge on any atom is 0.0132 e. The van der Waals surface area contributed by atoms with Crippen molar-refractivity contribution in [3.63, 3.8) is 0 Å². The van der Waals surface area contributed by atoms with Crippen molar-refractivity contribution in [2.24, 2.45) is 0 Å². The molecular formula is C15H16S. The molecule has 0 amide bonds. The van der Waals surface area contributed by atoms with Crippen molar-refractivity contribution in [2.75, 3.05) is 0 Å². The fourth-order valence-electron chi connectivity index (χ4n) is 1.67. The lowest BCUT2D eigenvalue weighted by Gasteiger charge is -2.07. The Hall–Kier alpha value is -1.34. The van der Waals surface area contributed by atoms with Crippen molar-refractivity contribution in [1.29, 1.82) is 0 Å². The van der Waals surface area contributed by atoms with Crippen LogP contribution in [0.3, 0.4) is 0 Å². The summed E-state index contributed by atoms with van der Waals surface area (Å²) in [6.45, 7) is 0. The molecule has 0 heterocycles. The molecule has 0 nitrogen and oxygen atoms in total. The van der Waals surface area contributed by atoms with Gasteiger partial charge in [-0.25, -0.2) is 0 Å². The zero-order chi connectivity index (χ0) is 11.2. The van der Waals surface area contributed by atoms with Crippen molar-refractivity contribution in [3.8, 4) is 0 Å². The number of rotatable bonds is 4. The van der Waals surface area contributed by atoms with Gasteiger partial charge in [0, 0.05) is 11.5 Å². The molecule has 0 saturated carbocycles. The van der Waals surface area contributed by atoms with Gasteiger partial charge in [0.15, 0.2) is 0 Å². The van der Waals surface area contributed by atoms with E-state index in [4.69, 9.17) is 0 Å². The lowest BCUT2D eigenvalue weighted by Crippen LogP contribution is -1.86. The summed E-state index contributed by atoms with van der Waals surface area (Å²) in [4.78, 5) is 0. The second-order valence-electron chi connectivity index (χ2n) is 3.87. The van der Waals surface area contributed by atoms with Crippen molar-refractivity contribution in [1.82, 2.24) is 0 Å². The average molecular weight is 228 g/mol. The van der Waals surface area contributed by atoms with E-state index >= 15 is 0 Å². The Labute approximate surface area is 99.9 Å². The second kappa shape index (κ2) is 5.66. The van der Waals surface area contributed by atoms with Crippen LogP contribution in [0.5, 0.6) is 0 Å². The van der Waals surface area contributed by atoms with E-state index in [1.807, 2.05) is 0 Å². The standard InChI is InChI=1S/C15H16S/c1-16(12-14-8-4-2-5-9-14)13-15-10-6-3-7-11-15/h2-11H,1,12-13H2. The first kappa shape index (κ1) is 11.2. The third-order valence-corrected chi connectivity index (χ3v) is 3.91. The highest BCUT2D eigenvalue weighted by molar-refractivity contribution is 8.12. The first-order chi connectivity index (χ1) is 7.84. The molecule has 0 aliphatic rings. The van der Waals surface area contributed by atoms with E-state index in [2.05, 4.69) is 66.5 Å². The van der Waals surface area contributed by atoms with Gasteiger partial charge in [0.05, 0.1) is 0 Å². The van der Waals surface area contributed by atoms with E-state index in [1.54, 1.807) is 0 Å². The smallest absolute Gasteiger partial charge is 0.0132 e. The van der Waals surface area contributed by atoms with E-state index in [1.165, 1.54) is 11.1 Å². The van der Waals surface area contributed by atoms with Gasteiger partial charge in [0.25, 0.3) is 0 Å². The molecule has 0 spiro atoms. The van der Waals surface area contributed by atoms with E-state index in [-0.39, 0.29) is 10.5 Å². The van der Waals surface area contributed by atoms with Crippen molar-refractivity contribution < 1.29 is 0 Å². The predicted molar refractivity (Wildman–Crippen MR) is 75.0 cm³/mol. The Bertz CT molecular complexity index is 402. The summed E-state index contributed by atoms with van der Waals surface area (Å²) in [5.74, 6) is 6.41. The first-order valence-electron chi connectivity index (χ1n) is 5.39. The van der Waals surface area contributed by atoms with E-state index < -0.39 is 0 Å². The predicted octanol–water partition coefficient (Wildman–Crippen LogP) is 4.09. The quantitative estimate of drug-likeness (QED) is 0.691. The lowest BCUT2D eigenvalue weighted by molar-refractivity contribution is 1.36. The van der Waals surface area contributed by atoms with E-state index in [9.17, 15) is 0 Å². The normalized spacial score (nSPS) is 10.6. The topological polar surface area (TPSA) is 0 Å². The van der Waals surface area contributed by atoms with Gasteiger partial charge in [-0.15, -0.1) is 0 Å². The molecule has 0 aromatic heterocycles. The fourth-order valence-corrected chi connectivity index (χ4v) is 3.10. The van der Waals surface area contributed by atoms with Crippen LogP contribution >= 0.6 is 10.5 Å². The van der Waals surface area contributed by atoms with Gasteiger partial charge in [-0.3, -0.25) is 0 Å². The Morgan fingerprint density at radius 1 is 0.688 bits per heavy atom. The van der Waals surface area contributed by atoms with Gasteiger partial charge in [-0.1, -0.05) is 66.5 Å². The first-order valence-corrected chi connectivity index (χ1v) is 7.13. The van der Waals surface area contributed by atoms with Crippen LogP contribution in [0, 0.1) is 0 Å². The molecule has 0 atom stereocenters. The van der Waals surface area contributed by atoms with Crippen LogP contribution in [-0.4, -0.2) is 5.87 Å². The number of hydrogen-bond donors (Lipinski definition) is 0. The third kappa shape index (κ3) is 3.35. The molecule has 0 aliphatic heterocycles. The minimum absolute atomic E-state index is 0.178. The van der Waals surface area contributed by atoms with Gasteiger partial charge in [-0.2, -0.15) is 10.5 Å². The Morgan fingerprint density at radius 2 is 1.06 bits per heavy atom. The maximum atomic E-state index is 4.26. The van der Waals surface area contributed by atoms with Crippen LogP contribution in [-0.2, 0) is 11.5 Å². The SMILES string of the molecule is C=S(Cc1ccccc1)Cc1ccccc1. The van der Waals surface area contributed by atoms with Crippen molar-refractivity contribution in [2.45, 2.75) is 11.5 Å². The third-order valence-electron chi connectivity index (χ3n) is 2.43. The molecule has 2 aromatic carbocycles. The summed E-state index contributed by atoms with van der Waals surface area (Å²) in [5.41, 5.74) is 2.77. The van der Waals surface area contributed by atoms with Crippen LogP contribution in [0.4, 0.5) is 0 Å². The Morgan fingerprint density at radius 3 is 1.44 bits per heavy atom. The van der Waals surface area contributed by atoms with Crippen LogP contribution < -0.4 is 0 Å². The van der Waals surface area contributed by atoms with Gasteiger partial charge in [0.2, 0.25) is 0 Å². The Balaban J connectivity index is 1.95. The molecule has 0 fully saturated rings. The molecule has 0 radical (unpaired) electrons. The van der Waals surface area contributed by atoms with Crippen LogP contribution in [0.25, 0.3) is 0 Å². The molecule has 1 heteroatoms. The highest BCUT2D eigenvalue weighted by atomic mass is 32.2. The zero-order valence-electron chi connectivity index (χ0n) is 9.30. The van der Waals surface area contributed by atoms with Gasteiger partial charge < -0.3 is 0 Å². The van der Waals surface area contributed by atoms with Gasteiger partial charge in [-0.05, 0) is 11.1 Å². The summed E-state index contributed by atoms with van der Waals surface area (Å²) < 4.78 is 0. The molecule has 0 unspecified atom stereocenters.